The lowest BCUT2D eigenvalue weighted by Crippen LogP contribution is -2.46. The molecule has 2 rings (SSSR count). The van der Waals surface area contributed by atoms with Gasteiger partial charge in [0.05, 0.1) is 17.5 Å². The predicted molar refractivity (Wildman–Crippen MR) is 129 cm³/mol. The number of hydrazine groups is 2. The van der Waals surface area contributed by atoms with Crippen LogP contribution in [-0.4, -0.2) is 23.0 Å². The van der Waals surface area contributed by atoms with Crippen molar-refractivity contribution in [1.29, 1.82) is 0 Å². The van der Waals surface area contributed by atoms with Gasteiger partial charge in [-0.2, -0.15) is 0 Å². The third kappa shape index (κ3) is 9.83. The molecule has 0 aliphatic carbocycles. The molecular weight excluding hydrogens is 404 g/mol. The Morgan fingerprint density at radius 3 is 1.72 bits per heavy atom. The van der Waals surface area contributed by atoms with Gasteiger partial charge in [-0.1, -0.05) is 81.8 Å². The highest BCUT2D eigenvalue weighted by Crippen LogP contribution is 2.16. The van der Waals surface area contributed by atoms with Crippen molar-refractivity contribution >= 4 is 23.2 Å². The molecule has 0 spiro atoms. The van der Waals surface area contributed by atoms with Crippen LogP contribution in [0.1, 0.15) is 58.3 Å². The molecule has 0 heterocycles. The first kappa shape index (κ1) is 25.2. The van der Waals surface area contributed by atoms with Crippen molar-refractivity contribution in [2.75, 3.05) is 10.9 Å². The van der Waals surface area contributed by atoms with E-state index in [2.05, 4.69) is 28.6 Å². The van der Waals surface area contributed by atoms with Gasteiger partial charge in [0.15, 0.2) is 0 Å². The molecule has 0 saturated heterocycles. The maximum Gasteiger partial charge on any atom is 0.251 e. The van der Waals surface area contributed by atoms with Gasteiger partial charge in [-0.15, -0.1) is 0 Å². The Balaban J connectivity index is 1.89. The maximum atomic E-state index is 12.8. The van der Waals surface area contributed by atoms with Crippen molar-refractivity contribution < 1.29 is 14.7 Å². The summed E-state index contributed by atoms with van der Waals surface area (Å²) in [6.45, 7) is 2.18. The molecule has 0 fully saturated rings. The number of nitrogens with one attached hydrogen (secondary N) is 4. The number of aliphatic hydroxyl groups excluding tert-OH is 1. The standard InChI is InChI=1S/C25H36N4O3/c1-2-3-4-5-6-13-18-22(30)19-23(24(31)28-26-20-14-9-7-10-15-20)25(32)29-27-21-16-11-8-12-17-21/h7-12,14-17,22-23,26-27,30H,2-6,13,18-19H2,1H3,(H,28,31)(H,29,32)/t22-/m0/s1. The second kappa shape index (κ2) is 14.9. The van der Waals surface area contributed by atoms with Crippen molar-refractivity contribution in [2.24, 2.45) is 5.92 Å². The summed E-state index contributed by atoms with van der Waals surface area (Å²) in [5.41, 5.74) is 12.2. The topological polar surface area (TPSA) is 102 Å². The smallest absolute Gasteiger partial charge is 0.251 e. The minimum Gasteiger partial charge on any atom is -0.393 e. The SMILES string of the molecule is CCCCCCCC[C@H](O)CC(C(=O)NNc1ccccc1)C(=O)NNc1ccccc1. The van der Waals surface area contributed by atoms with E-state index in [0.717, 1.165) is 19.3 Å². The summed E-state index contributed by atoms with van der Waals surface area (Å²) in [7, 11) is 0. The number of anilines is 2. The zero-order valence-corrected chi connectivity index (χ0v) is 18.8. The largest absolute Gasteiger partial charge is 0.393 e. The minimum absolute atomic E-state index is 0.0551. The fourth-order valence-corrected chi connectivity index (χ4v) is 3.37. The van der Waals surface area contributed by atoms with Crippen molar-refractivity contribution in [3.05, 3.63) is 60.7 Å². The van der Waals surface area contributed by atoms with Gasteiger partial charge >= 0.3 is 0 Å². The van der Waals surface area contributed by atoms with E-state index in [0.29, 0.717) is 17.8 Å². The zero-order chi connectivity index (χ0) is 23.0. The lowest BCUT2D eigenvalue weighted by Gasteiger charge is -2.20. The number of benzene rings is 2. The molecule has 0 bridgehead atoms. The van der Waals surface area contributed by atoms with Crippen LogP contribution in [0.4, 0.5) is 11.4 Å². The summed E-state index contributed by atoms with van der Waals surface area (Å²) in [5.74, 6) is -2.04. The molecule has 2 aromatic carbocycles. The van der Waals surface area contributed by atoms with Gasteiger partial charge in [0.2, 0.25) is 0 Å². The van der Waals surface area contributed by atoms with Crippen molar-refractivity contribution in [1.82, 2.24) is 10.9 Å². The quantitative estimate of drug-likeness (QED) is 0.161. The minimum atomic E-state index is -1.04. The third-order valence-electron chi connectivity index (χ3n) is 5.24. The van der Waals surface area contributed by atoms with Crippen LogP contribution in [0, 0.1) is 5.92 Å². The van der Waals surface area contributed by atoms with E-state index in [1.807, 2.05) is 36.4 Å². The first-order valence-corrected chi connectivity index (χ1v) is 11.5. The van der Waals surface area contributed by atoms with Gasteiger partial charge in [0.25, 0.3) is 11.8 Å². The Labute approximate surface area is 190 Å². The van der Waals surface area contributed by atoms with Crippen LogP contribution in [0.3, 0.4) is 0 Å². The molecular formula is C25H36N4O3. The van der Waals surface area contributed by atoms with Crippen LogP contribution in [0.5, 0.6) is 0 Å². The third-order valence-corrected chi connectivity index (χ3v) is 5.24. The van der Waals surface area contributed by atoms with Crippen molar-refractivity contribution in [3.63, 3.8) is 0 Å². The number of rotatable bonds is 15. The second-order valence-electron chi connectivity index (χ2n) is 7.96. The predicted octanol–water partition coefficient (Wildman–Crippen LogP) is 4.39. The van der Waals surface area contributed by atoms with Gasteiger partial charge in [-0.3, -0.25) is 31.3 Å². The normalized spacial score (nSPS) is 11.6. The van der Waals surface area contributed by atoms with E-state index in [9.17, 15) is 14.7 Å². The molecule has 32 heavy (non-hydrogen) atoms. The average molecular weight is 441 g/mol. The summed E-state index contributed by atoms with van der Waals surface area (Å²) in [4.78, 5) is 25.6. The Kier molecular flexibility index (Phi) is 11.7. The van der Waals surface area contributed by atoms with Crippen LogP contribution in [0.2, 0.25) is 0 Å². The highest BCUT2D eigenvalue weighted by molar-refractivity contribution is 6.01. The Bertz CT molecular complexity index is 731. The van der Waals surface area contributed by atoms with Crippen LogP contribution in [0.15, 0.2) is 60.7 Å². The maximum absolute atomic E-state index is 12.8. The number of carbonyl (C=O) groups excluding carboxylic acids is 2. The molecule has 174 valence electrons. The van der Waals surface area contributed by atoms with E-state index >= 15 is 0 Å². The summed E-state index contributed by atoms with van der Waals surface area (Å²) in [5, 5.41) is 10.5. The van der Waals surface area contributed by atoms with E-state index in [1.54, 1.807) is 24.3 Å². The van der Waals surface area contributed by atoms with Gasteiger partial charge in [-0.05, 0) is 37.1 Å². The number of hydrogen-bond acceptors (Lipinski definition) is 5. The van der Waals surface area contributed by atoms with E-state index < -0.39 is 23.8 Å². The highest BCUT2D eigenvalue weighted by atomic mass is 16.3. The number of unbranched alkanes of at least 4 members (excludes halogenated alkanes) is 5. The van der Waals surface area contributed by atoms with Crippen LogP contribution in [-0.2, 0) is 9.59 Å². The van der Waals surface area contributed by atoms with Crippen molar-refractivity contribution in [3.8, 4) is 0 Å². The molecule has 0 unspecified atom stereocenters. The zero-order valence-electron chi connectivity index (χ0n) is 18.8. The van der Waals surface area contributed by atoms with Gasteiger partial charge in [0.1, 0.15) is 5.92 Å². The molecule has 0 aromatic heterocycles. The molecule has 2 amide bonds. The Hall–Kier alpha value is -3.06. The fraction of sp³-hybridized carbons (Fsp3) is 0.440. The van der Waals surface area contributed by atoms with Crippen LogP contribution < -0.4 is 21.7 Å². The molecule has 1 atom stereocenters. The van der Waals surface area contributed by atoms with Crippen molar-refractivity contribution in [2.45, 2.75) is 64.4 Å². The summed E-state index contributed by atoms with van der Waals surface area (Å²) in [6.07, 6.45) is 6.60. The summed E-state index contributed by atoms with van der Waals surface area (Å²) >= 11 is 0. The lowest BCUT2D eigenvalue weighted by atomic mass is 9.96. The molecule has 7 nitrogen and oxygen atoms in total. The molecule has 0 saturated carbocycles. The lowest BCUT2D eigenvalue weighted by molar-refractivity contribution is -0.136. The van der Waals surface area contributed by atoms with E-state index in [-0.39, 0.29) is 6.42 Å². The molecule has 0 aliphatic heterocycles. The Morgan fingerprint density at radius 1 is 0.750 bits per heavy atom. The molecule has 0 aliphatic rings. The summed E-state index contributed by atoms with van der Waals surface area (Å²) < 4.78 is 0. The average Bonchev–Trinajstić information content (AvgIpc) is 2.83. The number of para-hydroxylation sites is 2. The monoisotopic (exact) mass is 440 g/mol. The van der Waals surface area contributed by atoms with E-state index in [4.69, 9.17) is 0 Å². The van der Waals surface area contributed by atoms with Crippen LogP contribution >= 0.6 is 0 Å². The second-order valence-corrected chi connectivity index (χ2v) is 7.96. The Morgan fingerprint density at radius 2 is 1.22 bits per heavy atom. The van der Waals surface area contributed by atoms with Gasteiger partial charge in [0, 0.05) is 0 Å². The first-order valence-electron chi connectivity index (χ1n) is 11.5. The summed E-state index contributed by atoms with van der Waals surface area (Å²) in [6, 6.07) is 18.3. The van der Waals surface area contributed by atoms with Crippen LogP contribution in [0.25, 0.3) is 0 Å². The molecule has 5 N–H and O–H groups in total. The first-order chi connectivity index (χ1) is 15.6. The number of carbonyl (C=O) groups is 2. The molecule has 0 radical (unpaired) electrons. The number of aliphatic hydroxyl groups is 1. The number of amides is 2. The van der Waals surface area contributed by atoms with E-state index in [1.165, 1.54) is 19.3 Å². The van der Waals surface area contributed by atoms with Gasteiger partial charge in [-0.25, -0.2) is 0 Å². The van der Waals surface area contributed by atoms with Gasteiger partial charge < -0.3 is 5.11 Å². The molecule has 7 heteroatoms. The highest BCUT2D eigenvalue weighted by Gasteiger charge is 2.29. The molecule has 2 aromatic rings. The fourth-order valence-electron chi connectivity index (χ4n) is 3.37. The number of hydrogen-bond donors (Lipinski definition) is 5.